The van der Waals surface area contributed by atoms with E-state index < -0.39 is 0 Å². The molecule has 0 unspecified atom stereocenters. The third-order valence-corrected chi connectivity index (χ3v) is 6.65. The normalized spacial score (nSPS) is 31.5. The summed E-state index contributed by atoms with van der Waals surface area (Å²) in [5.41, 5.74) is 3.02. The first-order valence-electron chi connectivity index (χ1n) is 9.30. The van der Waals surface area contributed by atoms with Crippen molar-refractivity contribution in [3.05, 3.63) is 35.9 Å². The van der Waals surface area contributed by atoms with Gasteiger partial charge >= 0.3 is 0 Å². The number of hydrogen-bond donors (Lipinski definition) is 0. The van der Waals surface area contributed by atoms with Crippen LogP contribution in [0.15, 0.2) is 30.3 Å². The molecule has 3 aliphatic rings. The van der Waals surface area contributed by atoms with E-state index in [1.165, 1.54) is 82.6 Å². The van der Waals surface area contributed by atoms with E-state index in [0.717, 1.165) is 5.41 Å². The summed E-state index contributed by atoms with van der Waals surface area (Å²) < 4.78 is 0. The Hall–Kier alpha value is -0.780. The predicted octanol–water partition coefficient (Wildman–Crippen LogP) is 6.54. The van der Waals surface area contributed by atoms with Crippen molar-refractivity contribution in [3.63, 3.8) is 0 Å². The van der Waals surface area contributed by atoms with Gasteiger partial charge in [0.1, 0.15) is 0 Å². The lowest BCUT2D eigenvalue weighted by Crippen LogP contribution is -2.41. The molecule has 0 aromatic heterocycles. The number of unbranched alkanes of at least 4 members (excludes halogenated alkanes) is 2. The minimum atomic E-state index is 0.711. The summed E-state index contributed by atoms with van der Waals surface area (Å²) in [4.78, 5) is 0. The molecule has 0 amide bonds. The molecule has 0 N–H and O–H groups in total. The van der Waals surface area contributed by atoms with Crippen molar-refractivity contribution in [1.82, 2.24) is 0 Å². The second kappa shape index (κ2) is 6.55. The largest absolute Gasteiger partial charge is 0.0654 e. The van der Waals surface area contributed by atoms with E-state index in [9.17, 15) is 0 Å². The predicted molar refractivity (Wildman–Crippen MR) is 91.5 cm³/mol. The van der Waals surface area contributed by atoms with Gasteiger partial charge in [-0.25, -0.2) is 0 Å². The van der Waals surface area contributed by atoms with Crippen molar-refractivity contribution in [2.75, 3.05) is 0 Å². The minimum Gasteiger partial charge on any atom is -0.0654 e. The average molecular weight is 284 g/mol. The van der Waals surface area contributed by atoms with Crippen molar-refractivity contribution < 1.29 is 0 Å². The Morgan fingerprint density at radius 1 is 0.762 bits per heavy atom. The Morgan fingerprint density at radius 3 is 1.90 bits per heavy atom. The van der Waals surface area contributed by atoms with E-state index in [4.69, 9.17) is 0 Å². The number of benzene rings is 1. The molecule has 3 fully saturated rings. The van der Waals surface area contributed by atoms with Gasteiger partial charge < -0.3 is 0 Å². The summed E-state index contributed by atoms with van der Waals surface area (Å²) in [6, 6.07) is 11.1. The Labute approximate surface area is 131 Å². The van der Waals surface area contributed by atoms with Crippen LogP contribution in [0.3, 0.4) is 0 Å². The fourth-order valence-corrected chi connectivity index (χ4v) is 4.90. The zero-order chi connectivity index (χ0) is 14.6. The number of rotatable bonds is 7. The summed E-state index contributed by atoms with van der Waals surface area (Å²) >= 11 is 0. The molecule has 3 saturated carbocycles. The van der Waals surface area contributed by atoms with Crippen molar-refractivity contribution in [3.8, 4) is 0 Å². The maximum absolute atomic E-state index is 2.33. The molecule has 0 aliphatic heterocycles. The molecular formula is C21H32. The van der Waals surface area contributed by atoms with Gasteiger partial charge in [-0.3, -0.25) is 0 Å². The van der Waals surface area contributed by atoms with Crippen LogP contribution in [-0.4, -0.2) is 0 Å². The fraction of sp³-hybridized carbons (Fsp3) is 0.714. The average Bonchev–Trinajstić information content (AvgIpc) is 2.56. The van der Waals surface area contributed by atoms with Gasteiger partial charge in [0.05, 0.1) is 0 Å². The summed E-state index contributed by atoms with van der Waals surface area (Å²) in [7, 11) is 0. The van der Waals surface area contributed by atoms with E-state index in [-0.39, 0.29) is 0 Å². The highest BCUT2D eigenvalue weighted by molar-refractivity contribution is 5.15. The molecule has 116 valence electrons. The Bertz CT molecular complexity index is 406. The van der Waals surface area contributed by atoms with E-state index >= 15 is 0 Å². The summed E-state index contributed by atoms with van der Waals surface area (Å²) in [5.74, 6) is 0. The Balaban J connectivity index is 1.51. The molecule has 2 bridgehead atoms. The van der Waals surface area contributed by atoms with Crippen molar-refractivity contribution in [2.24, 2.45) is 10.8 Å². The first-order chi connectivity index (χ1) is 10.3. The standard InChI is InChI=1S/C21H32/c1-2-3-7-11-20-13-16-21(17-14-20,18-15-20)12-10-19-8-5-4-6-9-19/h4-6,8-9H,2-3,7,10-18H2,1H3. The molecule has 0 radical (unpaired) electrons. The van der Waals surface area contributed by atoms with Gasteiger partial charge in [-0.1, -0.05) is 56.5 Å². The van der Waals surface area contributed by atoms with Gasteiger partial charge in [0.2, 0.25) is 0 Å². The first kappa shape index (κ1) is 15.1. The van der Waals surface area contributed by atoms with Crippen molar-refractivity contribution in [1.29, 1.82) is 0 Å². The van der Waals surface area contributed by atoms with E-state index in [0.29, 0.717) is 5.41 Å². The highest BCUT2D eigenvalue weighted by Gasteiger charge is 2.47. The smallest absolute Gasteiger partial charge is 0.0274 e. The molecule has 3 aliphatic carbocycles. The maximum Gasteiger partial charge on any atom is -0.0274 e. The van der Waals surface area contributed by atoms with Crippen LogP contribution in [0.5, 0.6) is 0 Å². The molecule has 0 heteroatoms. The van der Waals surface area contributed by atoms with Crippen LogP contribution in [0.2, 0.25) is 0 Å². The lowest BCUT2D eigenvalue weighted by Gasteiger charge is -2.54. The van der Waals surface area contributed by atoms with Gasteiger partial charge in [-0.05, 0) is 74.2 Å². The zero-order valence-electron chi connectivity index (χ0n) is 13.9. The monoisotopic (exact) mass is 284 g/mol. The van der Waals surface area contributed by atoms with Gasteiger partial charge in [-0.15, -0.1) is 0 Å². The quantitative estimate of drug-likeness (QED) is 0.499. The lowest BCUT2D eigenvalue weighted by molar-refractivity contribution is -0.0204. The molecule has 4 rings (SSSR count). The van der Waals surface area contributed by atoms with E-state index in [1.54, 1.807) is 0 Å². The van der Waals surface area contributed by atoms with Crippen molar-refractivity contribution >= 4 is 0 Å². The van der Waals surface area contributed by atoms with Gasteiger partial charge in [-0.2, -0.15) is 0 Å². The van der Waals surface area contributed by atoms with Crippen LogP contribution >= 0.6 is 0 Å². The van der Waals surface area contributed by atoms with E-state index in [2.05, 4.69) is 37.3 Å². The highest BCUT2D eigenvalue weighted by Crippen LogP contribution is 2.60. The molecule has 0 nitrogen and oxygen atoms in total. The summed E-state index contributed by atoms with van der Waals surface area (Å²) in [6.45, 7) is 2.33. The SMILES string of the molecule is CCCCCC12CCC(CCc3ccccc3)(CC1)CC2. The maximum atomic E-state index is 2.33. The second-order valence-electron chi connectivity index (χ2n) is 7.94. The second-order valence-corrected chi connectivity index (χ2v) is 7.94. The van der Waals surface area contributed by atoms with Gasteiger partial charge in [0.15, 0.2) is 0 Å². The van der Waals surface area contributed by atoms with Crippen LogP contribution in [0.4, 0.5) is 0 Å². The zero-order valence-corrected chi connectivity index (χ0v) is 13.9. The van der Waals surface area contributed by atoms with Crippen LogP contribution in [0.1, 0.15) is 83.1 Å². The molecule has 0 heterocycles. The van der Waals surface area contributed by atoms with Crippen LogP contribution in [0, 0.1) is 10.8 Å². The number of fused-ring (bicyclic) bond motifs is 3. The van der Waals surface area contributed by atoms with Gasteiger partial charge in [0.25, 0.3) is 0 Å². The molecule has 21 heavy (non-hydrogen) atoms. The van der Waals surface area contributed by atoms with Crippen LogP contribution < -0.4 is 0 Å². The highest BCUT2D eigenvalue weighted by atomic mass is 14.5. The lowest BCUT2D eigenvalue weighted by atomic mass is 9.51. The van der Waals surface area contributed by atoms with E-state index in [1.807, 2.05) is 0 Å². The van der Waals surface area contributed by atoms with Crippen LogP contribution in [0.25, 0.3) is 0 Å². The third-order valence-electron chi connectivity index (χ3n) is 6.65. The minimum absolute atomic E-state index is 0.711. The Morgan fingerprint density at radius 2 is 1.33 bits per heavy atom. The van der Waals surface area contributed by atoms with Crippen molar-refractivity contribution in [2.45, 2.75) is 84.0 Å². The molecule has 1 aromatic carbocycles. The van der Waals surface area contributed by atoms with Crippen LogP contribution in [-0.2, 0) is 6.42 Å². The molecule has 0 spiro atoms. The molecule has 1 aromatic rings. The third kappa shape index (κ3) is 3.52. The number of hydrogen-bond acceptors (Lipinski definition) is 0. The van der Waals surface area contributed by atoms with Gasteiger partial charge in [0, 0.05) is 0 Å². The molecule has 0 saturated heterocycles. The summed E-state index contributed by atoms with van der Waals surface area (Å²) in [5, 5.41) is 0. The molecule has 0 atom stereocenters. The summed E-state index contributed by atoms with van der Waals surface area (Å²) in [6.07, 6.45) is 17.7. The fourth-order valence-electron chi connectivity index (χ4n) is 4.90. The first-order valence-corrected chi connectivity index (χ1v) is 9.30. The molecular weight excluding hydrogens is 252 g/mol. The topological polar surface area (TPSA) is 0 Å². The number of aryl methyl sites for hydroxylation is 1. The Kier molecular flexibility index (Phi) is 4.72.